The molecule has 0 saturated heterocycles. The molecule has 1 N–H and O–H groups in total. The second-order valence-corrected chi connectivity index (χ2v) is 3.37. The lowest BCUT2D eigenvalue weighted by Gasteiger charge is -2.01. The summed E-state index contributed by atoms with van der Waals surface area (Å²) in [5.41, 5.74) is 0.607. The van der Waals surface area contributed by atoms with Gasteiger partial charge in [0.1, 0.15) is 12.0 Å². The molecule has 0 spiro atoms. The Morgan fingerprint density at radius 2 is 2.38 bits per heavy atom. The third kappa shape index (κ3) is 2.40. The van der Waals surface area contributed by atoms with Crippen LogP contribution in [0.4, 0.5) is 0 Å². The fourth-order valence-electron chi connectivity index (χ4n) is 1.21. The van der Waals surface area contributed by atoms with Crippen LogP contribution in [0.5, 0.6) is 0 Å². The maximum atomic E-state index is 9.44. The van der Waals surface area contributed by atoms with E-state index in [1.807, 2.05) is 6.92 Å². The standard InChI is InChI=1S/C10H12N4O2/c1-2-7(15)5-9-13-10(14-16-9)8-3-4-11-6-12-8/h3-4,6-7,15H,2,5H2,1H3. The predicted molar refractivity (Wildman–Crippen MR) is 55.3 cm³/mol. The maximum Gasteiger partial charge on any atom is 0.229 e. The molecule has 1 unspecified atom stereocenters. The van der Waals surface area contributed by atoms with Crippen LogP contribution in [0.2, 0.25) is 0 Å². The number of hydrogen-bond acceptors (Lipinski definition) is 6. The van der Waals surface area contributed by atoms with E-state index in [0.717, 1.165) is 0 Å². The van der Waals surface area contributed by atoms with Gasteiger partial charge in [-0.15, -0.1) is 0 Å². The summed E-state index contributed by atoms with van der Waals surface area (Å²) in [6.07, 6.45) is 3.62. The van der Waals surface area contributed by atoms with Crippen LogP contribution < -0.4 is 0 Å². The molecular weight excluding hydrogens is 208 g/mol. The first-order valence-corrected chi connectivity index (χ1v) is 5.06. The van der Waals surface area contributed by atoms with Gasteiger partial charge in [-0.1, -0.05) is 12.1 Å². The average Bonchev–Trinajstić information content (AvgIpc) is 2.78. The highest BCUT2D eigenvalue weighted by Gasteiger charge is 2.12. The molecule has 2 aromatic rings. The van der Waals surface area contributed by atoms with Crippen molar-refractivity contribution in [3.8, 4) is 11.5 Å². The highest BCUT2D eigenvalue weighted by Crippen LogP contribution is 2.12. The van der Waals surface area contributed by atoms with Crippen LogP contribution in [-0.2, 0) is 6.42 Å². The monoisotopic (exact) mass is 220 g/mol. The van der Waals surface area contributed by atoms with Crippen LogP contribution in [-0.4, -0.2) is 31.3 Å². The van der Waals surface area contributed by atoms with Crippen molar-refractivity contribution < 1.29 is 9.63 Å². The van der Waals surface area contributed by atoms with Crippen molar-refractivity contribution in [2.24, 2.45) is 0 Å². The highest BCUT2D eigenvalue weighted by atomic mass is 16.5. The molecule has 6 heteroatoms. The molecule has 1 atom stereocenters. The summed E-state index contributed by atoms with van der Waals surface area (Å²) in [6.45, 7) is 1.90. The fourth-order valence-corrected chi connectivity index (χ4v) is 1.21. The van der Waals surface area contributed by atoms with Crippen LogP contribution >= 0.6 is 0 Å². The topological polar surface area (TPSA) is 84.9 Å². The van der Waals surface area contributed by atoms with Gasteiger partial charge in [0.15, 0.2) is 0 Å². The Balaban J connectivity index is 2.14. The van der Waals surface area contributed by atoms with Crippen molar-refractivity contribution >= 4 is 0 Å². The molecule has 16 heavy (non-hydrogen) atoms. The van der Waals surface area contributed by atoms with Gasteiger partial charge in [-0.3, -0.25) is 0 Å². The number of rotatable bonds is 4. The zero-order chi connectivity index (χ0) is 11.4. The van der Waals surface area contributed by atoms with E-state index in [1.165, 1.54) is 6.33 Å². The molecule has 0 bridgehead atoms. The van der Waals surface area contributed by atoms with E-state index >= 15 is 0 Å². The number of aromatic nitrogens is 4. The molecule has 84 valence electrons. The summed E-state index contributed by atoms with van der Waals surface area (Å²) in [7, 11) is 0. The minimum absolute atomic E-state index is 0.370. The Labute approximate surface area is 92.4 Å². The molecule has 2 aromatic heterocycles. The summed E-state index contributed by atoms with van der Waals surface area (Å²) >= 11 is 0. The van der Waals surface area contributed by atoms with Gasteiger partial charge in [-0.2, -0.15) is 4.98 Å². The second kappa shape index (κ2) is 4.80. The normalized spacial score (nSPS) is 12.6. The zero-order valence-electron chi connectivity index (χ0n) is 8.87. The minimum atomic E-state index is -0.446. The summed E-state index contributed by atoms with van der Waals surface area (Å²) < 4.78 is 5.01. The second-order valence-electron chi connectivity index (χ2n) is 3.37. The summed E-state index contributed by atoms with van der Waals surface area (Å²) in [5, 5.41) is 13.2. The smallest absolute Gasteiger partial charge is 0.229 e. The zero-order valence-corrected chi connectivity index (χ0v) is 8.87. The first kappa shape index (κ1) is 10.7. The van der Waals surface area contributed by atoms with E-state index in [9.17, 15) is 5.11 Å². The predicted octanol–water partition coefficient (Wildman–Crippen LogP) is 0.840. The third-order valence-corrected chi connectivity index (χ3v) is 2.16. The van der Waals surface area contributed by atoms with Crippen molar-refractivity contribution in [2.45, 2.75) is 25.9 Å². The first-order valence-electron chi connectivity index (χ1n) is 5.06. The van der Waals surface area contributed by atoms with E-state index in [4.69, 9.17) is 4.52 Å². The molecule has 6 nitrogen and oxygen atoms in total. The van der Waals surface area contributed by atoms with Crippen molar-refractivity contribution in [1.29, 1.82) is 0 Å². The van der Waals surface area contributed by atoms with Gasteiger partial charge in [0.25, 0.3) is 0 Å². The Hall–Kier alpha value is -1.82. The van der Waals surface area contributed by atoms with Crippen molar-refractivity contribution in [1.82, 2.24) is 20.1 Å². The molecule has 0 aliphatic rings. The van der Waals surface area contributed by atoms with Crippen LogP contribution in [0.15, 0.2) is 23.1 Å². The molecule has 0 aliphatic carbocycles. The van der Waals surface area contributed by atoms with Crippen molar-refractivity contribution in [3.63, 3.8) is 0 Å². The van der Waals surface area contributed by atoms with Gasteiger partial charge in [0.05, 0.1) is 12.5 Å². The molecule has 0 aromatic carbocycles. The Morgan fingerprint density at radius 3 is 3.06 bits per heavy atom. The largest absolute Gasteiger partial charge is 0.393 e. The lowest BCUT2D eigenvalue weighted by molar-refractivity contribution is 0.158. The first-order chi connectivity index (χ1) is 7.79. The van der Waals surface area contributed by atoms with E-state index < -0.39 is 6.10 Å². The Morgan fingerprint density at radius 1 is 1.50 bits per heavy atom. The number of hydrogen-bond donors (Lipinski definition) is 1. The maximum absolute atomic E-state index is 9.44. The number of aliphatic hydroxyl groups excluding tert-OH is 1. The Kier molecular flexibility index (Phi) is 3.21. The van der Waals surface area contributed by atoms with Gasteiger partial charge >= 0.3 is 0 Å². The number of aliphatic hydroxyl groups is 1. The van der Waals surface area contributed by atoms with E-state index in [0.29, 0.717) is 30.3 Å². The third-order valence-electron chi connectivity index (χ3n) is 2.16. The van der Waals surface area contributed by atoms with Gasteiger partial charge in [0.2, 0.25) is 11.7 Å². The van der Waals surface area contributed by atoms with Crippen molar-refractivity contribution in [3.05, 3.63) is 24.5 Å². The van der Waals surface area contributed by atoms with E-state index in [-0.39, 0.29) is 0 Å². The lowest BCUT2D eigenvalue weighted by Crippen LogP contribution is -2.08. The molecule has 0 fully saturated rings. The molecular formula is C10H12N4O2. The minimum Gasteiger partial charge on any atom is -0.393 e. The highest BCUT2D eigenvalue weighted by molar-refractivity contribution is 5.46. The van der Waals surface area contributed by atoms with E-state index in [1.54, 1.807) is 12.3 Å². The van der Waals surface area contributed by atoms with Gasteiger partial charge < -0.3 is 9.63 Å². The quantitative estimate of drug-likeness (QED) is 0.821. The Bertz CT molecular complexity index is 443. The van der Waals surface area contributed by atoms with E-state index in [2.05, 4.69) is 20.1 Å². The van der Waals surface area contributed by atoms with Gasteiger partial charge in [-0.05, 0) is 12.5 Å². The number of nitrogens with zero attached hydrogens (tertiary/aromatic N) is 4. The summed E-state index contributed by atoms with van der Waals surface area (Å²) in [4.78, 5) is 11.9. The molecule has 2 heterocycles. The SMILES string of the molecule is CCC(O)Cc1nc(-c2ccncn2)no1. The summed E-state index contributed by atoms with van der Waals surface area (Å²) in [6, 6.07) is 1.70. The molecule has 0 saturated carbocycles. The molecule has 0 aliphatic heterocycles. The van der Waals surface area contributed by atoms with Crippen LogP contribution in [0.25, 0.3) is 11.5 Å². The average molecular weight is 220 g/mol. The molecule has 2 rings (SSSR count). The van der Waals surface area contributed by atoms with Crippen LogP contribution in [0.3, 0.4) is 0 Å². The van der Waals surface area contributed by atoms with Crippen LogP contribution in [0.1, 0.15) is 19.2 Å². The lowest BCUT2D eigenvalue weighted by atomic mass is 10.2. The van der Waals surface area contributed by atoms with Crippen molar-refractivity contribution in [2.75, 3.05) is 0 Å². The fraction of sp³-hybridized carbons (Fsp3) is 0.400. The molecule has 0 radical (unpaired) electrons. The van der Waals surface area contributed by atoms with Gasteiger partial charge in [0, 0.05) is 6.20 Å². The van der Waals surface area contributed by atoms with Crippen LogP contribution in [0, 0.1) is 0 Å². The molecule has 0 amide bonds. The van der Waals surface area contributed by atoms with Gasteiger partial charge in [-0.25, -0.2) is 9.97 Å². The summed E-state index contributed by atoms with van der Waals surface area (Å²) in [5.74, 6) is 0.837.